The largest absolute Gasteiger partial charge is 0.497 e. The van der Waals surface area contributed by atoms with Crippen LogP contribution in [0.25, 0.3) is 11.0 Å². The Morgan fingerprint density at radius 2 is 2.14 bits per heavy atom. The zero-order valence-corrected chi connectivity index (χ0v) is 12.8. The van der Waals surface area contributed by atoms with Crippen molar-refractivity contribution >= 4 is 11.0 Å². The SMILES string of the molecule is COc1cccc(Cc2nc3c(C(C)C)n[nH]c3c(=O)[nH]2)c1. The predicted octanol–water partition coefficient (Wildman–Crippen LogP) is 2.37. The molecule has 3 aromatic rings. The van der Waals surface area contributed by atoms with Crippen molar-refractivity contribution in [2.75, 3.05) is 7.11 Å². The highest BCUT2D eigenvalue weighted by Gasteiger charge is 2.14. The minimum Gasteiger partial charge on any atom is -0.497 e. The molecule has 1 aromatic carbocycles. The molecule has 6 heteroatoms. The summed E-state index contributed by atoms with van der Waals surface area (Å²) in [7, 11) is 1.63. The van der Waals surface area contributed by atoms with E-state index in [0.717, 1.165) is 17.0 Å². The molecule has 0 unspecified atom stereocenters. The van der Waals surface area contributed by atoms with Crippen molar-refractivity contribution in [3.63, 3.8) is 0 Å². The highest BCUT2D eigenvalue weighted by molar-refractivity contribution is 5.76. The van der Waals surface area contributed by atoms with Crippen LogP contribution in [0.5, 0.6) is 5.75 Å². The van der Waals surface area contributed by atoms with Crippen LogP contribution in [-0.2, 0) is 6.42 Å². The molecule has 0 atom stereocenters. The average molecular weight is 298 g/mol. The molecule has 0 aliphatic rings. The standard InChI is InChI=1S/C16H18N4O2/c1-9(2)13-14-15(20-19-13)16(21)18-12(17-14)8-10-5-4-6-11(7-10)22-3/h4-7,9H,8H2,1-3H3,(H,19,20)(H,17,18,21). The summed E-state index contributed by atoms with van der Waals surface area (Å²) in [6, 6.07) is 7.71. The minimum absolute atomic E-state index is 0.192. The van der Waals surface area contributed by atoms with Gasteiger partial charge in [0.05, 0.1) is 12.8 Å². The van der Waals surface area contributed by atoms with Crippen molar-refractivity contribution in [3.8, 4) is 5.75 Å². The summed E-state index contributed by atoms with van der Waals surface area (Å²) in [5.41, 5.74) is 2.72. The normalized spacial score (nSPS) is 11.3. The highest BCUT2D eigenvalue weighted by atomic mass is 16.5. The third-order valence-corrected chi connectivity index (χ3v) is 3.55. The molecule has 0 saturated heterocycles. The Hall–Kier alpha value is -2.63. The first-order valence-corrected chi connectivity index (χ1v) is 7.18. The van der Waals surface area contributed by atoms with Crippen molar-refractivity contribution in [2.24, 2.45) is 0 Å². The molecule has 0 fully saturated rings. The number of aromatic amines is 2. The maximum Gasteiger partial charge on any atom is 0.276 e. The number of nitrogens with zero attached hydrogens (tertiary/aromatic N) is 2. The number of hydrogen-bond donors (Lipinski definition) is 2. The first-order valence-electron chi connectivity index (χ1n) is 7.18. The van der Waals surface area contributed by atoms with Crippen molar-refractivity contribution in [3.05, 3.63) is 51.7 Å². The van der Waals surface area contributed by atoms with E-state index in [2.05, 4.69) is 20.2 Å². The van der Waals surface area contributed by atoms with E-state index in [1.54, 1.807) is 7.11 Å². The van der Waals surface area contributed by atoms with E-state index in [4.69, 9.17) is 4.74 Å². The molecule has 2 aromatic heterocycles. The van der Waals surface area contributed by atoms with Crippen LogP contribution >= 0.6 is 0 Å². The second kappa shape index (κ2) is 5.63. The van der Waals surface area contributed by atoms with E-state index >= 15 is 0 Å². The van der Waals surface area contributed by atoms with Crippen LogP contribution in [0.1, 0.15) is 36.8 Å². The Labute approximate surface area is 127 Å². The van der Waals surface area contributed by atoms with E-state index in [0.29, 0.717) is 23.3 Å². The third kappa shape index (κ3) is 2.59. The van der Waals surface area contributed by atoms with Gasteiger partial charge in [0.1, 0.15) is 22.6 Å². The molecule has 6 nitrogen and oxygen atoms in total. The van der Waals surface area contributed by atoms with Crippen LogP contribution < -0.4 is 10.3 Å². The predicted molar refractivity (Wildman–Crippen MR) is 84.4 cm³/mol. The number of hydrogen-bond acceptors (Lipinski definition) is 4. The molecule has 0 spiro atoms. The van der Waals surface area contributed by atoms with Crippen LogP contribution in [0.3, 0.4) is 0 Å². The van der Waals surface area contributed by atoms with Crippen LogP contribution in [0.4, 0.5) is 0 Å². The molecular formula is C16H18N4O2. The Kier molecular flexibility index (Phi) is 3.66. The van der Waals surface area contributed by atoms with Crippen molar-refractivity contribution in [1.82, 2.24) is 20.2 Å². The molecule has 2 heterocycles. The number of ether oxygens (including phenoxy) is 1. The number of rotatable bonds is 4. The third-order valence-electron chi connectivity index (χ3n) is 3.55. The number of methoxy groups -OCH3 is 1. The fourth-order valence-electron chi connectivity index (χ4n) is 2.44. The van der Waals surface area contributed by atoms with E-state index in [1.165, 1.54) is 0 Å². The van der Waals surface area contributed by atoms with Crippen molar-refractivity contribution in [1.29, 1.82) is 0 Å². The first-order chi connectivity index (χ1) is 10.6. The maximum atomic E-state index is 12.2. The second-order valence-corrected chi connectivity index (χ2v) is 5.53. The molecule has 0 aliphatic heterocycles. The summed E-state index contributed by atoms with van der Waals surface area (Å²) in [4.78, 5) is 19.5. The van der Waals surface area contributed by atoms with Gasteiger partial charge in [0, 0.05) is 6.42 Å². The van der Waals surface area contributed by atoms with E-state index < -0.39 is 0 Å². The van der Waals surface area contributed by atoms with Crippen LogP contribution in [0.2, 0.25) is 0 Å². The zero-order valence-electron chi connectivity index (χ0n) is 12.8. The lowest BCUT2D eigenvalue weighted by Crippen LogP contribution is -2.12. The summed E-state index contributed by atoms with van der Waals surface area (Å²) < 4.78 is 5.22. The van der Waals surface area contributed by atoms with Gasteiger partial charge in [-0.3, -0.25) is 9.89 Å². The zero-order chi connectivity index (χ0) is 15.7. The van der Waals surface area contributed by atoms with Crippen molar-refractivity contribution < 1.29 is 4.74 Å². The van der Waals surface area contributed by atoms with E-state index in [9.17, 15) is 4.79 Å². The highest BCUT2D eigenvalue weighted by Crippen LogP contribution is 2.20. The topological polar surface area (TPSA) is 83.7 Å². The molecule has 0 amide bonds. The number of nitrogens with one attached hydrogen (secondary N) is 2. The first kappa shape index (κ1) is 14.3. The van der Waals surface area contributed by atoms with Gasteiger partial charge in [0.2, 0.25) is 0 Å². The fourth-order valence-corrected chi connectivity index (χ4v) is 2.44. The summed E-state index contributed by atoms with van der Waals surface area (Å²) in [5.74, 6) is 1.61. The van der Waals surface area contributed by atoms with E-state index in [-0.39, 0.29) is 11.5 Å². The number of aromatic nitrogens is 4. The molecule has 22 heavy (non-hydrogen) atoms. The molecule has 3 rings (SSSR count). The van der Waals surface area contributed by atoms with Crippen LogP contribution in [0.15, 0.2) is 29.1 Å². The van der Waals surface area contributed by atoms with Gasteiger partial charge in [-0.1, -0.05) is 26.0 Å². The van der Waals surface area contributed by atoms with E-state index in [1.807, 2.05) is 38.1 Å². The lowest BCUT2D eigenvalue weighted by Gasteiger charge is -2.05. The van der Waals surface area contributed by atoms with Crippen LogP contribution in [0, 0.1) is 0 Å². The maximum absolute atomic E-state index is 12.2. The van der Waals surface area contributed by atoms with Gasteiger partial charge in [-0.15, -0.1) is 0 Å². The van der Waals surface area contributed by atoms with Gasteiger partial charge in [-0.05, 0) is 23.6 Å². The Morgan fingerprint density at radius 3 is 2.86 bits per heavy atom. The molecule has 0 bridgehead atoms. The second-order valence-electron chi connectivity index (χ2n) is 5.53. The van der Waals surface area contributed by atoms with Gasteiger partial charge in [0.25, 0.3) is 5.56 Å². The lowest BCUT2D eigenvalue weighted by atomic mass is 10.1. The number of benzene rings is 1. The molecule has 0 aliphatic carbocycles. The lowest BCUT2D eigenvalue weighted by molar-refractivity contribution is 0.414. The van der Waals surface area contributed by atoms with Gasteiger partial charge in [0.15, 0.2) is 0 Å². The molecular weight excluding hydrogens is 280 g/mol. The summed E-state index contributed by atoms with van der Waals surface area (Å²) >= 11 is 0. The number of H-pyrrole nitrogens is 2. The van der Waals surface area contributed by atoms with Gasteiger partial charge in [-0.2, -0.15) is 5.10 Å². The molecule has 0 saturated carbocycles. The summed E-state index contributed by atoms with van der Waals surface area (Å²) in [5, 5.41) is 6.97. The Bertz CT molecular complexity index is 864. The Balaban J connectivity index is 2.03. The quantitative estimate of drug-likeness (QED) is 0.774. The molecule has 114 valence electrons. The Morgan fingerprint density at radius 1 is 1.32 bits per heavy atom. The smallest absolute Gasteiger partial charge is 0.276 e. The fraction of sp³-hybridized carbons (Fsp3) is 0.312. The molecule has 2 N–H and O–H groups in total. The monoisotopic (exact) mass is 298 g/mol. The molecule has 0 radical (unpaired) electrons. The van der Waals surface area contributed by atoms with Gasteiger partial charge < -0.3 is 9.72 Å². The minimum atomic E-state index is -0.192. The summed E-state index contributed by atoms with van der Waals surface area (Å²) in [6.07, 6.45) is 0.533. The summed E-state index contributed by atoms with van der Waals surface area (Å²) in [6.45, 7) is 4.06. The van der Waals surface area contributed by atoms with Crippen LogP contribution in [-0.4, -0.2) is 27.3 Å². The van der Waals surface area contributed by atoms with Crippen molar-refractivity contribution in [2.45, 2.75) is 26.2 Å². The van der Waals surface area contributed by atoms with Gasteiger partial charge >= 0.3 is 0 Å². The number of fused-ring (bicyclic) bond motifs is 1. The average Bonchev–Trinajstić information content (AvgIpc) is 2.92. The van der Waals surface area contributed by atoms with Gasteiger partial charge in [-0.25, -0.2) is 4.98 Å².